The molecule has 0 unspecified atom stereocenters. The maximum Gasteiger partial charge on any atom is 0.121 e. The molecule has 0 spiro atoms. The third-order valence-corrected chi connectivity index (χ3v) is 19.8. The molecule has 2 aromatic carbocycles. The predicted octanol–water partition coefficient (Wildman–Crippen LogP) is 4.77. The summed E-state index contributed by atoms with van der Waals surface area (Å²) in [5.74, 6) is 0. The zero-order valence-electron chi connectivity index (χ0n) is 18.4. The van der Waals surface area contributed by atoms with Gasteiger partial charge in [0, 0.05) is 0 Å². The van der Waals surface area contributed by atoms with Gasteiger partial charge in [0.05, 0.1) is 16.1 Å². The van der Waals surface area contributed by atoms with Crippen molar-refractivity contribution < 1.29 is 0 Å². The molecule has 0 aliphatic heterocycles. The number of benzene rings is 2. The van der Waals surface area contributed by atoms with Gasteiger partial charge >= 0.3 is 0 Å². The molecule has 146 valence electrons. The Morgan fingerprint density at radius 3 is 0.963 bits per heavy atom. The van der Waals surface area contributed by atoms with Crippen LogP contribution >= 0.6 is 0 Å². The van der Waals surface area contributed by atoms with Crippen LogP contribution < -0.4 is 20.7 Å². The van der Waals surface area contributed by atoms with E-state index >= 15 is 0 Å². The topological polar surface area (TPSA) is 0 Å². The lowest BCUT2D eigenvalue weighted by atomic mass is 10.3. The number of rotatable bonds is 10. The van der Waals surface area contributed by atoms with Gasteiger partial charge in [-0.3, -0.25) is 0 Å². The Labute approximate surface area is 172 Å². The van der Waals surface area contributed by atoms with Crippen LogP contribution in [0.1, 0.15) is 41.5 Å². The number of hydrogen-bond donors (Lipinski definition) is 0. The smallest absolute Gasteiger partial charge is 0.0675 e. The molecule has 0 saturated heterocycles. The largest absolute Gasteiger partial charge is 0.121 e. The third kappa shape index (κ3) is 4.75. The molecule has 27 heavy (non-hydrogen) atoms. The average Bonchev–Trinajstić information content (AvgIpc) is 2.74. The van der Waals surface area contributed by atoms with E-state index in [1.165, 1.54) is 46.6 Å². The second kappa shape index (κ2) is 10.0. The van der Waals surface area contributed by atoms with E-state index < -0.39 is 16.1 Å². The zero-order valence-corrected chi connectivity index (χ0v) is 21.4. The summed E-state index contributed by atoms with van der Waals surface area (Å²) in [5, 5.41) is 6.26. The van der Waals surface area contributed by atoms with Crippen LogP contribution in [-0.4, -0.2) is 25.7 Å². The van der Waals surface area contributed by atoms with Crippen molar-refractivity contribution in [3.63, 3.8) is 0 Å². The minimum absolute atomic E-state index is 0.771. The van der Waals surface area contributed by atoms with Gasteiger partial charge in [-0.25, -0.2) is 0 Å². The Bertz CT molecular complexity index is 603. The van der Waals surface area contributed by atoms with E-state index in [1.807, 2.05) is 0 Å². The van der Waals surface area contributed by atoms with Gasteiger partial charge in [0.1, 0.15) is 9.52 Å². The quantitative estimate of drug-likeness (QED) is 0.495. The van der Waals surface area contributed by atoms with Crippen molar-refractivity contribution in [2.75, 3.05) is 0 Å². The van der Waals surface area contributed by atoms with Crippen LogP contribution in [0.2, 0.25) is 36.3 Å². The lowest BCUT2D eigenvalue weighted by Gasteiger charge is -2.29. The second-order valence-corrected chi connectivity index (χ2v) is 19.9. The summed E-state index contributed by atoms with van der Waals surface area (Å²) >= 11 is 0. The van der Waals surface area contributed by atoms with Crippen molar-refractivity contribution in [2.45, 2.75) is 77.8 Å². The first-order valence-corrected chi connectivity index (χ1v) is 17.2. The van der Waals surface area contributed by atoms with Crippen molar-refractivity contribution >= 4 is 46.4 Å². The summed E-state index contributed by atoms with van der Waals surface area (Å²) in [7, 11) is -1.71. The summed E-state index contributed by atoms with van der Waals surface area (Å²) in [5.41, 5.74) is 0. The molecule has 3 heteroatoms. The highest BCUT2D eigenvalue weighted by atomic mass is 28.3. The summed E-state index contributed by atoms with van der Waals surface area (Å²) < 4.78 is 0. The third-order valence-electron chi connectivity index (χ3n) is 7.34. The standard InChI is InChI=1S/C24H38Si3/c1-7-26(8-2,9-3)23-17-13-21(14-18-23)25-22-15-19-24(20-16-22)27(10-4,11-5)12-6/h13-20H,7-12H2,1-6H3. The van der Waals surface area contributed by atoms with Gasteiger partial charge in [-0.15, -0.1) is 0 Å². The predicted molar refractivity (Wildman–Crippen MR) is 132 cm³/mol. The zero-order chi connectivity index (χ0) is 19.9. The average molecular weight is 411 g/mol. The van der Waals surface area contributed by atoms with E-state index in [4.69, 9.17) is 0 Å². The van der Waals surface area contributed by atoms with Crippen LogP contribution in [-0.2, 0) is 0 Å². The maximum absolute atomic E-state index is 2.45. The monoisotopic (exact) mass is 410 g/mol. The van der Waals surface area contributed by atoms with Crippen LogP contribution in [0.15, 0.2) is 48.5 Å². The van der Waals surface area contributed by atoms with Crippen molar-refractivity contribution in [1.82, 2.24) is 0 Å². The van der Waals surface area contributed by atoms with Crippen molar-refractivity contribution in [3.8, 4) is 0 Å². The van der Waals surface area contributed by atoms with Crippen LogP contribution in [0.4, 0.5) is 0 Å². The molecule has 0 aliphatic carbocycles. The Kier molecular flexibility index (Phi) is 8.32. The molecule has 0 amide bonds. The number of hydrogen-bond acceptors (Lipinski definition) is 0. The van der Waals surface area contributed by atoms with Gasteiger partial charge in [-0.2, -0.15) is 0 Å². The van der Waals surface area contributed by atoms with Crippen LogP contribution in [0.5, 0.6) is 0 Å². The second-order valence-electron chi connectivity index (χ2n) is 7.96. The highest BCUT2D eigenvalue weighted by Crippen LogP contribution is 2.20. The van der Waals surface area contributed by atoms with Gasteiger partial charge in [0.25, 0.3) is 0 Å². The van der Waals surface area contributed by atoms with Gasteiger partial charge in [0.15, 0.2) is 0 Å². The molecule has 0 aliphatic rings. The normalized spacial score (nSPS) is 12.4. The molecule has 0 nitrogen and oxygen atoms in total. The molecule has 0 atom stereocenters. The highest BCUT2D eigenvalue weighted by Gasteiger charge is 2.29. The van der Waals surface area contributed by atoms with E-state index in [-0.39, 0.29) is 0 Å². The lowest BCUT2D eigenvalue weighted by Crippen LogP contribution is -2.46. The van der Waals surface area contributed by atoms with Crippen molar-refractivity contribution in [2.24, 2.45) is 0 Å². The first-order chi connectivity index (χ1) is 13.0. The molecule has 0 aromatic heterocycles. The van der Waals surface area contributed by atoms with E-state index in [9.17, 15) is 0 Å². The fourth-order valence-electron chi connectivity index (χ4n) is 4.71. The van der Waals surface area contributed by atoms with E-state index in [0.29, 0.717) is 0 Å². The first kappa shape index (κ1) is 22.4. The molecular weight excluding hydrogens is 373 g/mol. The molecule has 0 N–H and O–H groups in total. The lowest BCUT2D eigenvalue weighted by molar-refractivity contribution is 1.19. The molecule has 2 aromatic rings. The molecular formula is C24H38Si3. The minimum atomic E-state index is -1.24. The maximum atomic E-state index is 2.45. The summed E-state index contributed by atoms with van der Waals surface area (Å²) in [6, 6.07) is 27.5. The first-order valence-electron chi connectivity index (χ1n) is 11.0. The molecule has 0 bridgehead atoms. The summed E-state index contributed by atoms with van der Waals surface area (Å²) in [6.45, 7) is 14.3. The fourth-order valence-corrected chi connectivity index (χ4v) is 12.9. The molecule has 0 heterocycles. The van der Waals surface area contributed by atoms with Crippen molar-refractivity contribution in [3.05, 3.63) is 48.5 Å². The van der Waals surface area contributed by atoms with Gasteiger partial charge in [-0.1, -0.05) is 147 Å². The van der Waals surface area contributed by atoms with Crippen LogP contribution in [0, 0.1) is 0 Å². The van der Waals surface area contributed by atoms with E-state index in [0.717, 1.165) is 9.52 Å². The van der Waals surface area contributed by atoms with Gasteiger partial charge < -0.3 is 0 Å². The minimum Gasteiger partial charge on any atom is -0.0675 e. The van der Waals surface area contributed by atoms with Crippen LogP contribution in [0.25, 0.3) is 0 Å². The van der Waals surface area contributed by atoms with Crippen molar-refractivity contribution in [1.29, 1.82) is 0 Å². The Morgan fingerprint density at radius 1 is 0.481 bits per heavy atom. The van der Waals surface area contributed by atoms with Gasteiger partial charge in [-0.05, 0) is 0 Å². The summed E-state index contributed by atoms with van der Waals surface area (Å²) in [4.78, 5) is 0. The van der Waals surface area contributed by atoms with E-state index in [1.54, 1.807) is 10.4 Å². The Morgan fingerprint density at radius 2 is 0.741 bits per heavy atom. The summed E-state index contributed by atoms with van der Waals surface area (Å²) in [6.07, 6.45) is 0. The Hall–Kier alpha value is -0.909. The Balaban J connectivity index is 2.16. The molecule has 2 rings (SSSR count). The molecule has 2 radical (unpaired) electrons. The molecule has 0 fully saturated rings. The van der Waals surface area contributed by atoms with Gasteiger partial charge in [0.2, 0.25) is 0 Å². The molecule has 0 saturated carbocycles. The van der Waals surface area contributed by atoms with Crippen LogP contribution in [0.3, 0.4) is 0 Å². The van der Waals surface area contributed by atoms with E-state index in [2.05, 4.69) is 90.1 Å². The fraction of sp³-hybridized carbons (Fsp3) is 0.500. The SMILES string of the molecule is CC[Si](CC)(CC)c1ccc([Si]c2ccc([Si](CC)(CC)CC)cc2)cc1. The highest BCUT2D eigenvalue weighted by molar-refractivity contribution is 6.92.